The minimum atomic E-state index is 0.808. The molecule has 160 valence electrons. The van der Waals surface area contributed by atoms with E-state index < -0.39 is 0 Å². The number of ether oxygens (including phenoxy) is 2. The molecule has 0 amide bonds. The van der Waals surface area contributed by atoms with E-state index in [-0.39, 0.29) is 0 Å². The molecule has 3 aromatic carbocycles. The van der Waals surface area contributed by atoms with Crippen molar-refractivity contribution in [2.24, 2.45) is 0 Å². The van der Waals surface area contributed by atoms with Crippen molar-refractivity contribution in [2.75, 3.05) is 0 Å². The van der Waals surface area contributed by atoms with Crippen molar-refractivity contribution in [1.82, 2.24) is 8.75 Å². The van der Waals surface area contributed by atoms with Crippen LogP contribution in [0.1, 0.15) is 0 Å². The first kappa shape index (κ1) is 20.1. The molecule has 3 heterocycles. The number of aromatic nitrogens is 2. The summed E-state index contributed by atoms with van der Waals surface area (Å²) in [6.07, 6.45) is 0. The minimum absolute atomic E-state index is 0.808. The molecule has 0 unspecified atom stereocenters. The molecule has 7 heteroatoms. The first-order valence-corrected chi connectivity index (χ1v) is 12.7. The van der Waals surface area contributed by atoms with E-state index in [1.54, 1.807) is 22.7 Å². The van der Waals surface area contributed by atoms with Crippen LogP contribution in [0.5, 0.6) is 23.0 Å². The van der Waals surface area contributed by atoms with Crippen LogP contribution in [0.3, 0.4) is 0 Å². The zero-order valence-electron chi connectivity index (χ0n) is 17.2. The van der Waals surface area contributed by atoms with Gasteiger partial charge in [0.25, 0.3) is 0 Å². The van der Waals surface area contributed by atoms with Gasteiger partial charge in [-0.2, -0.15) is 8.75 Å². The lowest BCUT2D eigenvalue weighted by Crippen LogP contribution is -1.88. The van der Waals surface area contributed by atoms with Gasteiger partial charge in [0.2, 0.25) is 0 Å². The second kappa shape index (κ2) is 8.78. The average molecular weight is 485 g/mol. The molecular formula is C26H16N2O2S3. The molecule has 0 aliphatic carbocycles. The van der Waals surface area contributed by atoms with Crippen molar-refractivity contribution in [1.29, 1.82) is 0 Å². The Morgan fingerprint density at radius 2 is 0.970 bits per heavy atom. The maximum absolute atomic E-state index is 6.17. The van der Waals surface area contributed by atoms with Crippen LogP contribution in [0.2, 0.25) is 0 Å². The van der Waals surface area contributed by atoms with Crippen molar-refractivity contribution < 1.29 is 9.47 Å². The van der Waals surface area contributed by atoms with Gasteiger partial charge in [0.1, 0.15) is 34.0 Å². The molecule has 6 rings (SSSR count). The van der Waals surface area contributed by atoms with Gasteiger partial charge in [-0.15, -0.1) is 22.7 Å². The predicted octanol–water partition coefficient (Wildman–Crippen LogP) is 8.73. The number of nitrogens with zero attached hydrogens (tertiary/aromatic N) is 2. The monoisotopic (exact) mass is 484 g/mol. The van der Waals surface area contributed by atoms with E-state index in [1.807, 2.05) is 83.6 Å². The fourth-order valence-electron chi connectivity index (χ4n) is 3.61. The Kier molecular flexibility index (Phi) is 5.35. The zero-order valence-corrected chi connectivity index (χ0v) is 19.6. The van der Waals surface area contributed by atoms with Crippen LogP contribution in [-0.2, 0) is 0 Å². The lowest BCUT2D eigenvalue weighted by Gasteiger charge is -2.10. The van der Waals surface area contributed by atoms with Gasteiger partial charge in [-0.25, -0.2) is 0 Å². The quantitative estimate of drug-likeness (QED) is 0.237. The Balaban J connectivity index is 1.40. The third-order valence-corrected chi connectivity index (χ3v) is 7.49. The van der Waals surface area contributed by atoms with Gasteiger partial charge in [0.05, 0.1) is 21.5 Å². The molecule has 0 aliphatic heterocycles. The molecule has 0 N–H and O–H groups in total. The summed E-state index contributed by atoms with van der Waals surface area (Å²) in [7, 11) is 0. The Bertz CT molecular complexity index is 1410. The van der Waals surface area contributed by atoms with Crippen LogP contribution in [0.4, 0.5) is 0 Å². The Hall–Kier alpha value is -3.52. The standard InChI is InChI=1S/C26H16N2O2S3/c1-3-7-17(8-4-1)29-21-13-15-31-25(21)19-11-12-20(24-23(19)27-33-28-24)26-22(14-16-32-26)30-18-9-5-2-6-10-18/h1-16H. The SMILES string of the molecule is c1ccc(Oc2ccsc2-c2ccc(-c3sccc3Oc3ccccc3)c3nsnc23)cc1. The highest BCUT2D eigenvalue weighted by molar-refractivity contribution is 7.14. The van der Waals surface area contributed by atoms with Gasteiger partial charge < -0.3 is 9.47 Å². The maximum Gasteiger partial charge on any atom is 0.146 e. The van der Waals surface area contributed by atoms with Crippen molar-refractivity contribution >= 4 is 45.4 Å². The summed E-state index contributed by atoms with van der Waals surface area (Å²) < 4.78 is 21.6. The third kappa shape index (κ3) is 3.91. The number of benzene rings is 3. The van der Waals surface area contributed by atoms with E-state index in [4.69, 9.17) is 9.47 Å². The molecule has 0 bridgehead atoms. The van der Waals surface area contributed by atoms with Gasteiger partial charge in [-0.1, -0.05) is 48.5 Å². The number of hydrogen-bond acceptors (Lipinski definition) is 7. The first-order valence-electron chi connectivity index (χ1n) is 10.2. The van der Waals surface area contributed by atoms with E-state index in [9.17, 15) is 0 Å². The molecule has 0 aliphatic rings. The van der Waals surface area contributed by atoms with Crippen molar-refractivity contribution in [3.05, 3.63) is 95.7 Å². The van der Waals surface area contributed by atoms with Crippen molar-refractivity contribution in [3.63, 3.8) is 0 Å². The average Bonchev–Trinajstić information content (AvgIpc) is 3.61. The van der Waals surface area contributed by atoms with Gasteiger partial charge in [0.15, 0.2) is 0 Å². The van der Waals surface area contributed by atoms with Crippen LogP contribution >= 0.6 is 34.4 Å². The van der Waals surface area contributed by atoms with Gasteiger partial charge in [-0.3, -0.25) is 0 Å². The summed E-state index contributed by atoms with van der Waals surface area (Å²) in [6.45, 7) is 0. The second-order valence-corrected chi connectivity index (χ2v) is 9.54. The highest BCUT2D eigenvalue weighted by Gasteiger charge is 2.20. The highest BCUT2D eigenvalue weighted by atomic mass is 32.1. The van der Waals surface area contributed by atoms with Gasteiger partial charge in [-0.05, 0) is 47.2 Å². The van der Waals surface area contributed by atoms with E-state index >= 15 is 0 Å². The molecule has 0 spiro atoms. The number of fused-ring (bicyclic) bond motifs is 1. The topological polar surface area (TPSA) is 44.2 Å². The minimum Gasteiger partial charge on any atom is -0.456 e. The van der Waals surface area contributed by atoms with E-state index in [2.05, 4.69) is 20.9 Å². The molecule has 0 fully saturated rings. The Morgan fingerprint density at radius 3 is 1.42 bits per heavy atom. The van der Waals surface area contributed by atoms with Crippen LogP contribution in [0, 0.1) is 0 Å². The molecule has 0 radical (unpaired) electrons. The van der Waals surface area contributed by atoms with E-state index in [0.29, 0.717) is 0 Å². The molecule has 0 saturated carbocycles. The molecular weight excluding hydrogens is 468 g/mol. The molecule has 4 nitrogen and oxygen atoms in total. The number of rotatable bonds is 6. The zero-order chi connectivity index (χ0) is 22.0. The summed E-state index contributed by atoms with van der Waals surface area (Å²) in [6, 6.07) is 27.8. The third-order valence-electron chi connectivity index (χ3n) is 5.10. The van der Waals surface area contributed by atoms with E-state index in [1.165, 1.54) is 11.7 Å². The van der Waals surface area contributed by atoms with Gasteiger partial charge >= 0.3 is 0 Å². The fourth-order valence-corrected chi connectivity index (χ4v) is 5.88. The lowest BCUT2D eigenvalue weighted by atomic mass is 10.1. The number of thiophene rings is 2. The highest BCUT2D eigenvalue weighted by Crippen LogP contribution is 2.45. The Labute approximate surface area is 202 Å². The second-order valence-electron chi connectivity index (χ2n) is 7.18. The summed E-state index contributed by atoms with van der Waals surface area (Å²) in [4.78, 5) is 2.07. The summed E-state index contributed by atoms with van der Waals surface area (Å²) in [5.41, 5.74) is 3.78. The van der Waals surface area contributed by atoms with Crippen LogP contribution < -0.4 is 9.47 Å². The van der Waals surface area contributed by atoms with Crippen molar-refractivity contribution in [2.45, 2.75) is 0 Å². The fraction of sp³-hybridized carbons (Fsp3) is 0. The lowest BCUT2D eigenvalue weighted by molar-refractivity contribution is 0.486. The summed E-state index contributed by atoms with van der Waals surface area (Å²) in [5.74, 6) is 3.25. The first-order chi connectivity index (χ1) is 16.4. The van der Waals surface area contributed by atoms with Crippen LogP contribution in [0.25, 0.3) is 31.9 Å². The maximum atomic E-state index is 6.17. The molecule has 0 saturated heterocycles. The normalized spacial score (nSPS) is 11.0. The molecule has 6 aromatic rings. The molecule has 3 aromatic heterocycles. The van der Waals surface area contributed by atoms with Crippen molar-refractivity contribution in [3.8, 4) is 43.9 Å². The molecule has 0 atom stereocenters. The molecule has 33 heavy (non-hydrogen) atoms. The number of para-hydroxylation sites is 2. The largest absolute Gasteiger partial charge is 0.456 e. The predicted molar refractivity (Wildman–Crippen MR) is 137 cm³/mol. The Morgan fingerprint density at radius 1 is 0.515 bits per heavy atom. The van der Waals surface area contributed by atoms with Crippen LogP contribution in [0.15, 0.2) is 95.7 Å². The van der Waals surface area contributed by atoms with Gasteiger partial charge in [0, 0.05) is 11.1 Å². The summed E-state index contributed by atoms with van der Waals surface area (Å²) in [5, 5.41) is 4.08. The smallest absolute Gasteiger partial charge is 0.146 e. The van der Waals surface area contributed by atoms with Crippen LogP contribution in [-0.4, -0.2) is 8.75 Å². The van der Waals surface area contributed by atoms with E-state index in [0.717, 1.165) is 54.9 Å². The summed E-state index contributed by atoms with van der Waals surface area (Å²) >= 11 is 4.50. The number of hydrogen-bond donors (Lipinski definition) is 0.